The predicted molar refractivity (Wildman–Crippen MR) is 121 cm³/mol. The fourth-order valence-electron chi connectivity index (χ4n) is 4.29. The molecular weight excluding hydrogens is 392 g/mol. The van der Waals surface area contributed by atoms with Crippen molar-refractivity contribution in [1.29, 1.82) is 0 Å². The van der Waals surface area contributed by atoms with Gasteiger partial charge in [0, 0.05) is 38.1 Å². The lowest BCUT2D eigenvalue weighted by Gasteiger charge is -2.27. The second-order valence-electron chi connectivity index (χ2n) is 8.14. The Labute approximate surface area is 179 Å². The van der Waals surface area contributed by atoms with Gasteiger partial charge in [0.2, 0.25) is 0 Å². The van der Waals surface area contributed by atoms with Crippen molar-refractivity contribution in [3.05, 3.63) is 76.1 Å². The smallest absolute Gasteiger partial charge is 0.345 e. The van der Waals surface area contributed by atoms with Crippen LogP contribution in [0.3, 0.4) is 0 Å². The van der Waals surface area contributed by atoms with Gasteiger partial charge < -0.3 is 9.32 Å². The number of hydrazone groups is 1. The first-order valence-electron chi connectivity index (χ1n) is 10.2. The van der Waals surface area contributed by atoms with Crippen molar-refractivity contribution in [2.45, 2.75) is 12.3 Å². The molecule has 2 aliphatic rings. The molecule has 3 heterocycles. The summed E-state index contributed by atoms with van der Waals surface area (Å²) in [4.78, 5) is 32.2. The highest BCUT2D eigenvalue weighted by Gasteiger charge is 2.44. The van der Waals surface area contributed by atoms with Crippen molar-refractivity contribution in [3.63, 3.8) is 0 Å². The highest BCUT2D eigenvalue weighted by atomic mass is 16.4. The first-order valence-corrected chi connectivity index (χ1v) is 10.2. The van der Waals surface area contributed by atoms with E-state index in [0.29, 0.717) is 29.1 Å². The van der Waals surface area contributed by atoms with E-state index in [2.05, 4.69) is 10.1 Å². The van der Waals surface area contributed by atoms with E-state index in [0.717, 1.165) is 16.6 Å². The van der Waals surface area contributed by atoms with Crippen LogP contribution in [0.1, 0.15) is 23.5 Å². The third kappa shape index (κ3) is 3.22. The van der Waals surface area contributed by atoms with Crippen LogP contribution in [0.25, 0.3) is 11.0 Å². The van der Waals surface area contributed by atoms with Gasteiger partial charge in [0.05, 0.1) is 11.3 Å². The Balaban J connectivity index is 1.61. The Hall–Kier alpha value is -3.74. The molecule has 2 aliphatic heterocycles. The van der Waals surface area contributed by atoms with E-state index < -0.39 is 11.5 Å². The van der Waals surface area contributed by atoms with Gasteiger partial charge in [-0.2, -0.15) is 5.10 Å². The summed E-state index contributed by atoms with van der Waals surface area (Å²) in [5.74, 6) is -0.245. The number of carbonyl (C=O) groups is 1. The van der Waals surface area contributed by atoms with Gasteiger partial charge in [0.1, 0.15) is 11.5 Å². The summed E-state index contributed by atoms with van der Waals surface area (Å²) in [7, 11) is 5.61. The number of rotatable bonds is 3. The summed E-state index contributed by atoms with van der Waals surface area (Å²) >= 11 is 0. The van der Waals surface area contributed by atoms with Crippen LogP contribution >= 0.6 is 0 Å². The highest BCUT2D eigenvalue weighted by Crippen LogP contribution is 2.39. The van der Waals surface area contributed by atoms with Gasteiger partial charge in [0.15, 0.2) is 5.84 Å². The molecule has 2 aromatic carbocycles. The van der Waals surface area contributed by atoms with Crippen LogP contribution in [0, 0.1) is 5.92 Å². The molecule has 31 heavy (non-hydrogen) atoms. The summed E-state index contributed by atoms with van der Waals surface area (Å²) < 4.78 is 5.52. The minimum atomic E-state index is -0.452. The molecule has 0 saturated heterocycles. The summed E-state index contributed by atoms with van der Waals surface area (Å²) in [5, 5.41) is 6.53. The largest absolute Gasteiger partial charge is 0.422 e. The molecule has 3 aromatic rings. The van der Waals surface area contributed by atoms with Crippen LogP contribution < -0.4 is 10.5 Å². The molecule has 0 bridgehead atoms. The standard InChI is InChI=1S/C24H22N4O3/c1-27(2)16-10-8-14(9-11-16)17-13-19(25-22-21(17)23(29)28(3)26-22)18-12-15-6-4-5-7-20(15)31-24(18)30/h4-12,17,21H,13H2,1-3H3. The van der Waals surface area contributed by atoms with E-state index in [1.54, 1.807) is 13.1 Å². The molecule has 2 unspecified atom stereocenters. The maximum atomic E-state index is 12.8. The fourth-order valence-corrected chi connectivity index (χ4v) is 4.29. The minimum Gasteiger partial charge on any atom is -0.422 e. The maximum Gasteiger partial charge on any atom is 0.345 e. The molecule has 0 radical (unpaired) electrons. The van der Waals surface area contributed by atoms with Crippen molar-refractivity contribution in [2.24, 2.45) is 16.0 Å². The van der Waals surface area contributed by atoms with Crippen molar-refractivity contribution < 1.29 is 9.21 Å². The maximum absolute atomic E-state index is 12.8. The zero-order valence-corrected chi connectivity index (χ0v) is 17.6. The number of fused-ring (bicyclic) bond motifs is 2. The molecule has 1 aromatic heterocycles. The quantitative estimate of drug-likeness (QED) is 0.617. The average molecular weight is 414 g/mol. The predicted octanol–water partition coefficient (Wildman–Crippen LogP) is 3.24. The second kappa shape index (κ2) is 7.19. The van der Waals surface area contributed by atoms with E-state index in [1.807, 2.05) is 67.5 Å². The molecule has 0 fully saturated rings. The van der Waals surface area contributed by atoms with Gasteiger partial charge in [-0.05, 0) is 36.2 Å². The summed E-state index contributed by atoms with van der Waals surface area (Å²) in [6, 6.07) is 17.3. The van der Waals surface area contributed by atoms with Crippen LogP contribution in [-0.2, 0) is 4.79 Å². The number of amidine groups is 1. The molecule has 1 amide bonds. The topological polar surface area (TPSA) is 78.5 Å². The summed E-state index contributed by atoms with van der Waals surface area (Å²) in [6.45, 7) is 0. The molecule has 0 spiro atoms. The summed E-state index contributed by atoms with van der Waals surface area (Å²) in [6.07, 6.45) is 0.452. The average Bonchev–Trinajstić information content (AvgIpc) is 3.06. The van der Waals surface area contributed by atoms with Crippen molar-refractivity contribution >= 4 is 34.1 Å². The Morgan fingerprint density at radius 1 is 1.06 bits per heavy atom. The third-order valence-electron chi connectivity index (χ3n) is 5.97. The van der Waals surface area contributed by atoms with Crippen LogP contribution in [-0.4, -0.2) is 43.6 Å². The highest BCUT2D eigenvalue weighted by molar-refractivity contribution is 6.18. The molecule has 156 valence electrons. The normalized spacial score (nSPS) is 20.5. The molecular formula is C24H22N4O3. The van der Waals surface area contributed by atoms with E-state index in [1.165, 1.54) is 5.01 Å². The van der Waals surface area contributed by atoms with Gasteiger partial charge >= 0.3 is 5.63 Å². The van der Waals surface area contributed by atoms with E-state index in [-0.39, 0.29) is 11.8 Å². The number of benzene rings is 2. The molecule has 0 saturated carbocycles. The van der Waals surface area contributed by atoms with Crippen LogP contribution in [0.15, 0.2) is 73.9 Å². The minimum absolute atomic E-state index is 0.0787. The Bertz CT molecular complexity index is 1300. The second-order valence-corrected chi connectivity index (χ2v) is 8.14. The number of nitrogens with zero attached hydrogens (tertiary/aromatic N) is 4. The Morgan fingerprint density at radius 3 is 2.55 bits per heavy atom. The molecule has 7 nitrogen and oxygen atoms in total. The van der Waals surface area contributed by atoms with Gasteiger partial charge in [-0.3, -0.25) is 4.79 Å². The number of anilines is 1. The molecule has 0 aliphatic carbocycles. The van der Waals surface area contributed by atoms with Crippen LogP contribution in [0.5, 0.6) is 0 Å². The third-order valence-corrected chi connectivity index (χ3v) is 5.97. The zero-order valence-electron chi connectivity index (χ0n) is 17.6. The fraction of sp³-hybridized carbons (Fsp3) is 0.250. The van der Waals surface area contributed by atoms with Gasteiger partial charge in [0.25, 0.3) is 5.91 Å². The molecule has 2 atom stereocenters. The number of hydrogen-bond donors (Lipinski definition) is 0. The Kier molecular flexibility index (Phi) is 4.46. The lowest BCUT2D eigenvalue weighted by atomic mass is 9.78. The van der Waals surface area contributed by atoms with E-state index in [4.69, 9.17) is 4.42 Å². The van der Waals surface area contributed by atoms with Crippen molar-refractivity contribution in [1.82, 2.24) is 5.01 Å². The lowest BCUT2D eigenvalue weighted by Crippen LogP contribution is -2.35. The van der Waals surface area contributed by atoms with Gasteiger partial charge in [-0.15, -0.1) is 0 Å². The molecule has 7 heteroatoms. The van der Waals surface area contributed by atoms with Crippen molar-refractivity contribution in [3.8, 4) is 0 Å². The monoisotopic (exact) mass is 414 g/mol. The Morgan fingerprint density at radius 2 is 1.81 bits per heavy atom. The SMILES string of the molecule is CN1N=C2N=C(c3cc4ccccc4oc3=O)CC(c3ccc(N(C)C)cc3)C2C1=O. The van der Waals surface area contributed by atoms with E-state index in [9.17, 15) is 9.59 Å². The van der Waals surface area contributed by atoms with Crippen LogP contribution in [0.2, 0.25) is 0 Å². The number of aliphatic imine (C=N–C) groups is 1. The number of amides is 1. The molecule has 5 rings (SSSR count). The summed E-state index contributed by atoms with van der Waals surface area (Å²) in [5.41, 5.74) is 3.21. The number of carbonyl (C=O) groups excluding carboxylic acids is 1. The van der Waals surface area contributed by atoms with Crippen LogP contribution in [0.4, 0.5) is 5.69 Å². The first kappa shape index (κ1) is 19.2. The number of para-hydroxylation sites is 1. The van der Waals surface area contributed by atoms with Gasteiger partial charge in [-0.25, -0.2) is 14.8 Å². The van der Waals surface area contributed by atoms with Crippen molar-refractivity contribution in [2.75, 3.05) is 26.0 Å². The molecule has 0 N–H and O–H groups in total. The number of hydrogen-bond acceptors (Lipinski definition) is 6. The zero-order chi connectivity index (χ0) is 21.7. The lowest BCUT2D eigenvalue weighted by molar-refractivity contribution is -0.131. The first-order chi connectivity index (χ1) is 14.9. The van der Waals surface area contributed by atoms with Gasteiger partial charge in [-0.1, -0.05) is 30.3 Å². The van der Waals surface area contributed by atoms with E-state index >= 15 is 0 Å².